The Morgan fingerprint density at radius 3 is 2.45 bits per heavy atom. The summed E-state index contributed by atoms with van der Waals surface area (Å²) in [4.78, 5) is 0.426. The molecule has 0 bridgehead atoms. The zero-order valence-corrected chi connectivity index (χ0v) is 14.4. The molecule has 3 rings (SSSR count). The van der Waals surface area contributed by atoms with Gasteiger partial charge in [-0.3, -0.25) is 0 Å². The molecule has 0 amide bonds. The molecule has 0 saturated carbocycles. The molecule has 2 heterocycles. The maximum Gasteiger partial charge on any atom is 0.243 e. The number of rotatable bonds is 2. The first-order valence-corrected chi connectivity index (χ1v) is 8.69. The molecule has 4 nitrogen and oxygen atoms in total. The first-order chi connectivity index (χ1) is 9.00. The van der Waals surface area contributed by atoms with Crippen LogP contribution in [0, 0.1) is 18.8 Å². The predicted octanol–water partition coefficient (Wildman–Crippen LogP) is 2.02. The number of benzene rings is 1. The van der Waals surface area contributed by atoms with Crippen molar-refractivity contribution in [3.63, 3.8) is 0 Å². The molecule has 0 aliphatic carbocycles. The number of hydrogen-bond acceptors (Lipinski definition) is 3. The Hall–Kier alpha value is -0.140. The van der Waals surface area contributed by atoms with Crippen LogP contribution in [0.2, 0.25) is 0 Å². The van der Waals surface area contributed by atoms with E-state index in [0.717, 1.165) is 23.1 Å². The average Bonchev–Trinajstić information content (AvgIpc) is 2.92. The molecule has 2 saturated heterocycles. The van der Waals surface area contributed by atoms with Gasteiger partial charge in [-0.05, 0) is 49.5 Å². The Morgan fingerprint density at radius 2 is 1.85 bits per heavy atom. The molecule has 20 heavy (non-hydrogen) atoms. The van der Waals surface area contributed by atoms with Crippen molar-refractivity contribution in [2.75, 3.05) is 26.2 Å². The fraction of sp³-hybridized carbons (Fsp3) is 0.538. The third kappa shape index (κ3) is 2.64. The number of hydrogen-bond donors (Lipinski definition) is 1. The summed E-state index contributed by atoms with van der Waals surface area (Å²) in [6.07, 6.45) is 0. The van der Waals surface area contributed by atoms with E-state index in [1.165, 1.54) is 0 Å². The molecule has 1 N–H and O–H groups in total. The second kappa shape index (κ2) is 5.93. The lowest BCUT2D eigenvalue weighted by Crippen LogP contribution is -2.32. The summed E-state index contributed by atoms with van der Waals surface area (Å²) in [5, 5.41) is 3.33. The number of fused-ring (bicyclic) bond motifs is 1. The predicted molar refractivity (Wildman–Crippen MR) is 84.7 cm³/mol. The smallest absolute Gasteiger partial charge is 0.243 e. The minimum absolute atomic E-state index is 0. The van der Waals surface area contributed by atoms with Gasteiger partial charge in [0.2, 0.25) is 10.0 Å². The number of nitrogens with one attached hydrogen (secondary N) is 1. The Bertz CT molecular complexity index is 596. The fourth-order valence-electron chi connectivity index (χ4n) is 3.01. The highest BCUT2D eigenvalue weighted by atomic mass is 79.9. The van der Waals surface area contributed by atoms with Crippen LogP contribution in [-0.4, -0.2) is 38.9 Å². The molecular weight excluding hydrogens is 364 g/mol. The topological polar surface area (TPSA) is 49.4 Å². The number of halogens is 2. The minimum atomic E-state index is -3.36. The average molecular weight is 382 g/mol. The number of sulfonamides is 1. The molecule has 0 unspecified atom stereocenters. The summed E-state index contributed by atoms with van der Waals surface area (Å²) in [6, 6.07) is 5.35. The molecule has 2 aliphatic rings. The first-order valence-electron chi connectivity index (χ1n) is 6.46. The molecular formula is C13H18BrClN2O2S. The highest BCUT2D eigenvalue weighted by Crippen LogP contribution is 2.33. The molecule has 1 aromatic rings. The Kier molecular flexibility index (Phi) is 4.81. The van der Waals surface area contributed by atoms with Crippen molar-refractivity contribution >= 4 is 38.4 Å². The van der Waals surface area contributed by atoms with Gasteiger partial charge in [-0.15, -0.1) is 12.4 Å². The van der Waals surface area contributed by atoms with Crippen molar-refractivity contribution in [1.29, 1.82) is 0 Å². The molecule has 2 fully saturated rings. The third-order valence-electron chi connectivity index (χ3n) is 4.19. The van der Waals surface area contributed by atoms with Crippen molar-refractivity contribution in [3.05, 3.63) is 28.2 Å². The van der Waals surface area contributed by atoms with E-state index in [2.05, 4.69) is 21.2 Å². The van der Waals surface area contributed by atoms with Crippen molar-refractivity contribution in [2.24, 2.45) is 11.8 Å². The lowest BCUT2D eigenvalue weighted by molar-refractivity contribution is 0.447. The molecule has 2 atom stereocenters. The van der Waals surface area contributed by atoms with Crippen LogP contribution in [0.15, 0.2) is 27.6 Å². The maximum atomic E-state index is 12.7. The Labute approximate surface area is 134 Å². The van der Waals surface area contributed by atoms with E-state index < -0.39 is 10.0 Å². The van der Waals surface area contributed by atoms with Crippen LogP contribution < -0.4 is 5.32 Å². The van der Waals surface area contributed by atoms with E-state index in [1.807, 2.05) is 13.0 Å². The lowest BCUT2D eigenvalue weighted by atomic mass is 10.0. The fourth-order valence-corrected chi connectivity index (χ4v) is 5.31. The van der Waals surface area contributed by atoms with Gasteiger partial charge in [0.05, 0.1) is 4.90 Å². The summed E-state index contributed by atoms with van der Waals surface area (Å²) < 4.78 is 27.9. The normalized spacial score (nSPS) is 26.3. The summed E-state index contributed by atoms with van der Waals surface area (Å²) >= 11 is 3.40. The van der Waals surface area contributed by atoms with E-state index in [0.29, 0.717) is 29.8 Å². The minimum Gasteiger partial charge on any atom is -0.316 e. The molecule has 7 heteroatoms. The van der Waals surface area contributed by atoms with Crippen LogP contribution in [0.25, 0.3) is 0 Å². The van der Waals surface area contributed by atoms with Gasteiger partial charge >= 0.3 is 0 Å². The van der Waals surface area contributed by atoms with Gasteiger partial charge in [-0.25, -0.2) is 8.42 Å². The van der Waals surface area contributed by atoms with Gasteiger partial charge in [0.1, 0.15) is 0 Å². The molecule has 0 radical (unpaired) electrons. The second-order valence-corrected chi connectivity index (χ2v) is 8.12. The second-order valence-electron chi connectivity index (χ2n) is 5.36. The lowest BCUT2D eigenvalue weighted by Gasteiger charge is -2.19. The standard InChI is InChI=1S/C13H17BrN2O2S.ClH/c1-9-12(14)3-2-4-13(9)19(17,18)16-7-10-5-15-6-11(10)8-16;/h2-4,10-11,15H,5-8H2,1H3;1H/t10-,11+;. The number of nitrogens with zero attached hydrogens (tertiary/aromatic N) is 1. The zero-order chi connectivity index (χ0) is 13.6. The molecule has 1 aromatic carbocycles. The first kappa shape index (κ1) is 16.2. The van der Waals surface area contributed by atoms with Gasteiger partial charge < -0.3 is 5.32 Å². The molecule has 0 aromatic heterocycles. The molecule has 0 spiro atoms. The van der Waals surface area contributed by atoms with Crippen LogP contribution in [0.3, 0.4) is 0 Å². The van der Waals surface area contributed by atoms with Crippen LogP contribution in [0.4, 0.5) is 0 Å². The van der Waals surface area contributed by atoms with E-state index in [1.54, 1.807) is 16.4 Å². The van der Waals surface area contributed by atoms with Gasteiger partial charge in [0.25, 0.3) is 0 Å². The van der Waals surface area contributed by atoms with Gasteiger partial charge in [-0.1, -0.05) is 22.0 Å². The summed E-state index contributed by atoms with van der Waals surface area (Å²) in [7, 11) is -3.36. The third-order valence-corrected chi connectivity index (χ3v) is 7.03. The zero-order valence-electron chi connectivity index (χ0n) is 11.2. The summed E-state index contributed by atoms with van der Waals surface area (Å²) in [5.41, 5.74) is 0.790. The molecule has 112 valence electrons. The quantitative estimate of drug-likeness (QED) is 0.852. The Morgan fingerprint density at radius 1 is 1.25 bits per heavy atom. The van der Waals surface area contributed by atoms with E-state index in [-0.39, 0.29) is 12.4 Å². The van der Waals surface area contributed by atoms with E-state index in [9.17, 15) is 8.42 Å². The van der Waals surface area contributed by atoms with Crippen molar-refractivity contribution in [1.82, 2.24) is 9.62 Å². The van der Waals surface area contributed by atoms with E-state index >= 15 is 0 Å². The summed E-state index contributed by atoms with van der Waals surface area (Å²) in [6.45, 7) is 5.01. The van der Waals surface area contributed by atoms with Crippen molar-refractivity contribution in [2.45, 2.75) is 11.8 Å². The van der Waals surface area contributed by atoms with Gasteiger partial charge in [-0.2, -0.15) is 4.31 Å². The maximum absolute atomic E-state index is 12.7. The van der Waals surface area contributed by atoms with Crippen LogP contribution >= 0.6 is 28.3 Å². The summed E-state index contributed by atoms with van der Waals surface area (Å²) in [5.74, 6) is 0.949. The van der Waals surface area contributed by atoms with Crippen LogP contribution in [-0.2, 0) is 10.0 Å². The van der Waals surface area contributed by atoms with Gasteiger partial charge in [0.15, 0.2) is 0 Å². The Balaban J connectivity index is 0.00000147. The van der Waals surface area contributed by atoms with Gasteiger partial charge in [0, 0.05) is 17.6 Å². The largest absolute Gasteiger partial charge is 0.316 e. The molecule has 2 aliphatic heterocycles. The van der Waals surface area contributed by atoms with Crippen molar-refractivity contribution < 1.29 is 8.42 Å². The SMILES string of the molecule is Cc1c(Br)cccc1S(=O)(=O)N1C[C@H]2CNC[C@H]2C1.Cl. The van der Waals surface area contributed by atoms with Crippen LogP contribution in [0.5, 0.6) is 0 Å². The highest BCUT2D eigenvalue weighted by Gasteiger charge is 2.41. The van der Waals surface area contributed by atoms with Crippen molar-refractivity contribution in [3.8, 4) is 0 Å². The highest BCUT2D eigenvalue weighted by molar-refractivity contribution is 9.10. The monoisotopic (exact) mass is 380 g/mol. The van der Waals surface area contributed by atoms with E-state index in [4.69, 9.17) is 0 Å². The van der Waals surface area contributed by atoms with Crippen LogP contribution in [0.1, 0.15) is 5.56 Å².